The number of benzene rings is 1. The molecule has 2 aromatic heterocycles. The Labute approximate surface area is 95.3 Å². The van der Waals surface area contributed by atoms with Gasteiger partial charge in [-0.25, -0.2) is 0 Å². The summed E-state index contributed by atoms with van der Waals surface area (Å²) in [7, 11) is 1.65. The molecule has 0 aliphatic heterocycles. The summed E-state index contributed by atoms with van der Waals surface area (Å²) < 4.78 is 6.78. The van der Waals surface area contributed by atoms with Crippen LogP contribution in [0.3, 0.4) is 0 Å². The zero-order chi connectivity index (χ0) is 11.0. The Morgan fingerprint density at radius 3 is 2.75 bits per heavy atom. The summed E-state index contributed by atoms with van der Waals surface area (Å²) in [5.74, 6) is 0.840. The maximum Gasteiger partial charge on any atom is 0.234 e. The third-order valence-corrected chi connectivity index (χ3v) is 3.19. The van der Waals surface area contributed by atoms with Crippen LogP contribution in [0.25, 0.3) is 15.5 Å². The van der Waals surface area contributed by atoms with Gasteiger partial charge in [0.05, 0.1) is 7.11 Å². The van der Waals surface area contributed by atoms with E-state index in [-0.39, 0.29) is 0 Å². The van der Waals surface area contributed by atoms with Gasteiger partial charge in [-0.2, -0.15) is 9.61 Å². The molecule has 6 heteroatoms. The highest BCUT2D eigenvalue weighted by Crippen LogP contribution is 2.26. The van der Waals surface area contributed by atoms with Gasteiger partial charge in [0.15, 0.2) is 0 Å². The molecule has 0 saturated carbocycles. The Morgan fingerprint density at radius 1 is 1.25 bits per heavy atom. The molecule has 0 N–H and O–H groups in total. The molecular formula is C10H8N4OS. The fourth-order valence-corrected chi connectivity index (χ4v) is 2.24. The van der Waals surface area contributed by atoms with Crippen molar-refractivity contribution in [3.63, 3.8) is 0 Å². The largest absolute Gasteiger partial charge is 0.497 e. The monoisotopic (exact) mass is 232 g/mol. The number of ether oxygens (including phenoxy) is 1. The normalized spacial score (nSPS) is 10.8. The van der Waals surface area contributed by atoms with E-state index in [1.165, 1.54) is 11.3 Å². The average molecular weight is 232 g/mol. The van der Waals surface area contributed by atoms with Gasteiger partial charge >= 0.3 is 0 Å². The van der Waals surface area contributed by atoms with Crippen molar-refractivity contribution in [2.75, 3.05) is 7.11 Å². The SMILES string of the molecule is COc1ccc(-c2nn3cnnc3s2)cc1. The molecule has 0 saturated heterocycles. The Morgan fingerprint density at radius 2 is 2.06 bits per heavy atom. The summed E-state index contributed by atoms with van der Waals surface area (Å²) in [6.07, 6.45) is 1.60. The summed E-state index contributed by atoms with van der Waals surface area (Å²) in [5.41, 5.74) is 1.05. The number of fused-ring (bicyclic) bond motifs is 1. The predicted molar refractivity (Wildman–Crippen MR) is 60.6 cm³/mol. The smallest absolute Gasteiger partial charge is 0.234 e. The van der Waals surface area contributed by atoms with E-state index in [9.17, 15) is 0 Å². The summed E-state index contributed by atoms with van der Waals surface area (Å²) in [4.78, 5) is 0.797. The van der Waals surface area contributed by atoms with Crippen molar-refractivity contribution in [2.45, 2.75) is 0 Å². The third-order valence-electron chi connectivity index (χ3n) is 2.22. The van der Waals surface area contributed by atoms with E-state index in [0.29, 0.717) is 0 Å². The molecule has 0 atom stereocenters. The fraction of sp³-hybridized carbons (Fsp3) is 0.100. The van der Waals surface area contributed by atoms with E-state index in [1.807, 2.05) is 24.3 Å². The van der Waals surface area contributed by atoms with Crippen LogP contribution in [0.1, 0.15) is 0 Å². The second kappa shape index (κ2) is 3.57. The van der Waals surface area contributed by atoms with Gasteiger partial charge < -0.3 is 4.74 Å². The molecule has 3 rings (SSSR count). The molecule has 80 valence electrons. The lowest BCUT2D eigenvalue weighted by atomic mass is 10.2. The molecule has 0 spiro atoms. The van der Waals surface area contributed by atoms with Gasteiger partial charge in [0.1, 0.15) is 17.1 Å². The zero-order valence-electron chi connectivity index (χ0n) is 8.49. The number of methoxy groups -OCH3 is 1. The zero-order valence-corrected chi connectivity index (χ0v) is 9.31. The topological polar surface area (TPSA) is 52.3 Å². The van der Waals surface area contributed by atoms with Crippen LogP contribution >= 0.6 is 11.3 Å². The quantitative estimate of drug-likeness (QED) is 0.676. The van der Waals surface area contributed by atoms with Gasteiger partial charge in [-0.1, -0.05) is 11.3 Å². The van der Waals surface area contributed by atoms with Gasteiger partial charge in [0.2, 0.25) is 4.96 Å². The highest BCUT2D eigenvalue weighted by molar-refractivity contribution is 7.19. The first-order chi connectivity index (χ1) is 7.86. The number of nitrogens with zero attached hydrogens (tertiary/aromatic N) is 4. The molecule has 1 aromatic carbocycles. The highest BCUT2D eigenvalue weighted by atomic mass is 32.1. The van der Waals surface area contributed by atoms with Gasteiger partial charge in [0.25, 0.3) is 0 Å². The Bertz CT molecular complexity index is 585. The van der Waals surface area contributed by atoms with Crippen LogP contribution in [0.5, 0.6) is 5.75 Å². The fourth-order valence-electron chi connectivity index (χ4n) is 1.41. The summed E-state index contributed by atoms with van der Waals surface area (Å²) in [6, 6.07) is 7.78. The Balaban J connectivity index is 2.05. The second-order valence-corrected chi connectivity index (χ2v) is 4.15. The maximum absolute atomic E-state index is 5.10. The van der Waals surface area contributed by atoms with Crippen LogP contribution in [0.15, 0.2) is 30.6 Å². The van der Waals surface area contributed by atoms with E-state index in [2.05, 4.69) is 15.3 Å². The van der Waals surface area contributed by atoms with E-state index in [4.69, 9.17) is 4.74 Å². The second-order valence-electron chi connectivity index (χ2n) is 3.19. The summed E-state index contributed by atoms with van der Waals surface area (Å²) in [6.45, 7) is 0. The molecule has 3 aromatic rings. The van der Waals surface area contributed by atoms with Crippen molar-refractivity contribution in [1.82, 2.24) is 19.8 Å². The lowest BCUT2D eigenvalue weighted by Crippen LogP contribution is -1.84. The van der Waals surface area contributed by atoms with Crippen LogP contribution in [-0.2, 0) is 0 Å². The molecule has 0 amide bonds. The van der Waals surface area contributed by atoms with Gasteiger partial charge in [-0.3, -0.25) is 0 Å². The minimum Gasteiger partial charge on any atom is -0.497 e. The van der Waals surface area contributed by atoms with Crippen LogP contribution in [0.2, 0.25) is 0 Å². The summed E-state index contributed by atoms with van der Waals surface area (Å²) >= 11 is 1.51. The standard InChI is InChI=1S/C10H8N4OS/c1-15-8-4-2-7(3-5-8)9-13-14-6-11-12-10(14)16-9/h2-6H,1H3. The van der Waals surface area contributed by atoms with E-state index in [1.54, 1.807) is 18.0 Å². The summed E-state index contributed by atoms with van der Waals surface area (Å²) in [5, 5.41) is 13.0. The van der Waals surface area contributed by atoms with Crippen molar-refractivity contribution < 1.29 is 4.74 Å². The Kier molecular flexibility index (Phi) is 2.07. The van der Waals surface area contributed by atoms with Crippen LogP contribution in [0.4, 0.5) is 0 Å². The lowest BCUT2D eigenvalue weighted by molar-refractivity contribution is 0.415. The van der Waals surface area contributed by atoms with Crippen LogP contribution in [-0.4, -0.2) is 26.9 Å². The number of aromatic nitrogens is 4. The average Bonchev–Trinajstić information content (AvgIpc) is 2.89. The van der Waals surface area contributed by atoms with E-state index in [0.717, 1.165) is 21.3 Å². The molecule has 0 radical (unpaired) electrons. The van der Waals surface area contributed by atoms with Crippen molar-refractivity contribution in [3.8, 4) is 16.3 Å². The first-order valence-corrected chi connectivity index (χ1v) is 5.50. The van der Waals surface area contributed by atoms with Crippen LogP contribution < -0.4 is 4.74 Å². The highest BCUT2D eigenvalue weighted by Gasteiger charge is 2.07. The van der Waals surface area contributed by atoms with Crippen molar-refractivity contribution >= 4 is 16.3 Å². The molecule has 0 aliphatic carbocycles. The Hall–Kier alpha value is -1.95. The minimum absolute atomic E-state index is 0.797. The molecule has 2 heterocycles. The number of hydrogen-bond acceptors (Lipinski definition) is 5. The van der Waals surface area contributed by atoms with Gasteiger partial charge in [0, 0.05) is 5.56 Å². The van der Waals surface area contributed by atoms with Gasteiger partial charge in [-0.05, 0) is 24.3 Å². The van der Waals surface area contributed by atoms with Crippen LogP contribution in [0, 0.1) is 0 Å². The molecule has 16 heavy (non-hydrogen) atoms. The van der Waals surface area contributed by atoms with Gasteiger partial charge in [-0.15, -0.1) is 10.2 Å². The van der Waals surface area contributed by atoms with E-state index >= 15 is 0 Å². The van der Waals surface area contributed by atoms with E-state index < -0.39 is 0 Å². The maximum atomic E-state index is 5.10. The molecule has 0 bridgehead atoms. The number of rotatable bonds is 2. The van der Waals surface area contributed by atoms with Crippen molar-refractivity contribution in [2.24, 2.45) is 0 Å². The predicted octanol–water partition coefficient (Wildman–Crippen LogP) is 1.86. The van der Waals surface area contributed by atoms with Crippen molar-refractivity contribution in [1.29, 1.82) is 0 Å². The molecule has 5 nitrogen and oxygen atoms in total. The number of hydrogen-bond donors (Lipinski definition) is 0. The molecule has 0 unspecified atom stereocenters. The lowest BCUT2D eigenvalue weighted by Gasteiger charge is -1.99. The third kappa shape index (κ3) is 1.43. The molecular weight excluding hydrogens is 224 g/mol. The molecule has 0 fully saturated rings. The van der Waals surface area contributed by atoms with Crippen molar-refractivity contribution in [3.05, 3.63) is 30.6 Å². The minimum atomic E-state index is 0.797. The first-order valence-electron chi connectivity index (χ1n) is 4.68. The molecule has 0 aliphatic rings. The first kappa shape index (κ1) is 9.29.